The van der Waals surface area contributed by atoms with Gasteiger partial charge in [0, 0.05) is 45.3 Å². The molecule has 0 spiro atoms. The van der Waals surface area contributed by atoms with Gasteiger partial charge in [-0.15, -0.1) is 0 Å². The second-order valence-corrected chi connectivity index (χ2v) is 8.00. The van der Waals surface area contributed by atoms with Crippen LogP contribution in [0.5, 0.6) is 0 Å². The lowest BCUT2D eigenvalue weighted by Crippen LogP contribution is -2.53. The van der Waals surface area contributed by atoms with Crippen molar-refractivity contribution >= 4 is 0 Å². The molecule has 2 fully saturated rings. The van der Waals surface area contributed by atoms with Crippen molar-refractivity contribution < 1.29 is 4.74 Å². The molecule has 1 aromatic rings. The molecule has 2 saturated heterocycles. The summed E-state index contributed by atoms with van der Waals surface area (Å²) in [4.78, 5) is 7.86. The average molecular weight is 346 g/mol. The number of nitrogens with zero attached hydrogens (tertiary/aromatic N) is 3. The predicted molar refractivity (Wildman–Crippen MR) is 104 cm³/mol. The third-order valence-electron chi connectivity index (χ3n) is 6.02. The van der Waals surface area contributed by atoms with Crippen molar-refractivity contribution in [3.8, 4) is 0 Å². The van der Waals surface area contributed by atoms with Crippen molar-refractivity contribution in [1.29, 1.82) is 0 Å². The Labute approximate surface area is 153 Å². The van der Waals surface area contributed by atoms with Crippen molar-refractivity contribution in [2.24, 2.45) is 0 Å². The van der Waals surface area contributed by atoms with Crippen LogP contribution < -0.4 is 0 Å². The van der Waals surface area contributed by atoms with Gasteiger partial charge in [0.05, 0.1) is 18.8 Å². The maximum Gasteiger partial charge on any atom is 0.0690 e. The van der Waals surface area contributed by atoms with Crippen molar-refractivity contribution in [3.05, 3.63) is 35.9 Å². The molecule has 0 N–H and O–H groups in total. The molecule has 0 amide bonds. The lowest BCUT2D eigenvalue weighted by Gasteiger charge is -2.45. The van der Waals surface area contributed by atoms with Crippen LogP contribution in [0.2, 0.25) is 0 Å². The molecule has 1 aromatic carbocycles. The Morgan fingerprint density at radius 2 is 1.72 bits per heavy atom. The Morgan fingerprint density at radius 1 is 1.00 bits per heavy atom. The Bertz CT molecular complexity index is 513. The Morgan fingerprint density at radius 3 is 2.40 bits per heavy atom. The van der Waals surface area contributed by atoms with Gasteiger partial charge in [0.25, 0.3) is 0 Å². The third kappa shape index (κ3) is 4.62. The van der Waals surface area contributed by atoms with Crippen LogP contribution in [-0.4, -0.2) is 79.8 Å². The van der Waals surface area contributed by atoms with E-state index in [0.29, 0.717) is 6.04 Å². The quantitative estimate of drug-likeness (QED) is 0.789. The molecule has 2 aliphatic rings. The van der Waals surface area contributed by atoms with E-state index in [1.165, 1.54) is 44.7 Å². The summed E-state index contributed by atoms with van der Waals surface area (Å²) in [7, 11) is 0. The maximum absolute atomic E-state index is 5.84. The monoisotopic (exact) mass is 345 g/mol. The SMILES string of the molecule is CC(C)N1CCN(CCCN2CCOCC2(C)c2ccccc2)CC1. The topological polar surface area (TPSA) is 19.0 Å². The normalized spacial score (nSPS) is 27.0. The Kier molecular flexibility index (Phi) is 6.50. The smallest absolute Gasteiger partial charge is 0.0690 e. The second kappa shape index (κ2) is 8.63. The molecule has 2 aliphatic heterocycles. The standard InChI is InChI=1S/C21H35N3O/c1-19(2)23-14-12-22(13-15-23)10-7-11-24-16-17-25-18-21(24,3)20-8-5-4-6-9-20/h4-6,8-9,19H,7,10-18H2,1-3H3. The molecule has 0 bridgehead atoms. The minimum Gasteiger partial charge on any atom is -0.378 e. The lowest BCUT2D eigenvalue weighted by molar-refractivity contribution is -0.0650. The number of benzene rings is 1. The number of rotatable bonds is 6. The van der Waals surface area contributed by atoms with E-state index in [9.17, 15) is 0 Å². The summed E-state index contributed by atoms with van der Waals surface area (Å²) >= 11 is 0. The van der Waals surface area contributed by atoms with E-state index in [1.54, 1.807) is 0 Å². The van der Waals surface area contributed by atoms with E-state index in [1.807, 2.05) is 0 Å². The molecule has 4 heteroatoms. The molecule has 0 saturated carbocycles. The number of piperazine rings is 1. The summed E-state index contributed by atoms with van der Waals surface area (Å²) in [6.07, 6.45) is 1.24. The van der Waals surface area contributed by atoms with Gasteiger partial charge in [-0.2, -0.15) is 0 Å². The zero-order valence-electron chi connectivity index (χ0n) is 16.3. The van der Waals surface area contributed by atoms with E-state index in [4.69, 9.17) is 4.74 Å². The predicted octanol–water partition coefficient (Wildman–Crippen LogP) is 2.65. The molecule has 25 heavy (non-hydrogen) atoms. The highest BCUT2D eigenvalue weighted by Crippen LogP contribution is 2.31. The van der Waals surface area contributed by atoms with Gasteiger partial charge in [-0.3, -0.25) is 9.80 Å². The van der Waals surface area contributed by atoms with Crippen LogP contribution >= 0.6 is 0 Å². The third-order valence-corrected chi connectivity index (χ3v) is 6.02. The van der Waals surface area contributed by atoms with Crippen LogP contribution in [0.25, 0.3) is 0 Å². The van der Waals surface area contributed by atoms with Crippen molar-refractivity contribution in [3.63, 3.8) is 0 Å². The summed E-state index contributed by atoms with van der Waals surface area (Å²) in [5.41, 5.74) is 1.39. The first-order chi connectivity index (χ1) is 12.1. The fourth-order valence-electron chi connectivity index (χ4n) is 4.19. The van der Waals surface area contributed by atoms with Crippen molar-refractivity contribution in [2.45, 2.75) is 38.8 Å². The highest BCUT2D eigenvalue weighted by molar-refractivity contribution is 5.24. The zero-order valence-corrected chi connectivity index (χ0v) is 16.3. The van der Waals surface area contributed by atoms with Crippen LogP contribution in [0.3, 0.4) is 0 Å². The Hall–Kier alpha value is -0.940. The minimum absolute atomic E-state index is 0.00977. The first-order valence-electron chi connectivity index (χ1n) is 9.94. The van der Waals surface area contributed by atoms with Crippen molar-refractivity contribution in [2.75, 3.05) is 59.0 Å². The first-order valence-corrected chi connectivity index (χ1v) is 9.94. The highest BCUT2D eigenvalue weighted by atomic mass is 16.5. The molecule has 2 heterocycles. The largest absolute Gasteiger partial charge is 0.378 e. The molecule has 3 rings (SSSR count). The summed E-state index contributed by atoms with van der Waals surface area (Å²) < 4.78 is 5.84. The lowest BCUT2D eigenvalue weighted by atomic mass is 9.89. The molecule has 1 atom stereocenters. The molecule has 1 unspecified atom stereocenters. The van der Waals surface area contributed by atoms with Gasteiger partial charge in [-0.05, 0) is 39.3 Å². The molecule has 4 nitrogen and oxygen atoms in total. The van der Waals surface area contributed by atoms with E-state index in [-0.39, 0.29) is 5.54 Å². The van der Waals surface area contributed by atoms with Crippen LogP contribution in [0, 0.1) is 0 Å². The average Bonchev–Trinajstić information content (AvgIpc) is 2.64. The second-order valence-electron chi connectivity index (χ2n) is 8.00. The summed E-state index contributed by atoms with van der Waals surface area (Å²) in [6.45, 7) is 16.9. The van der Waals surface area contributed by atoms with Gasteiger partial charge in [-0.1, -0.05) is 30.3 Å². The van der Waals surface area contributed by atoms with Crippen molar-refractivity contribution in [1.82, 2.24) is 14.7 Å². The van der Waals surface area contributed by atoms with Gasteiger partial charge in [0.2, 0.25) is 0 Å². The molecule has 0 radical (unpaired) electrons. The van der Waals surface area contributed by atoms with Crippen LogP contribution in [-0.2, 0) is 10.3 Å². The molecule has 140 valence electrons. The first kappa shape index (κ1) is 18.8. The zero-order chi connectivity index (χ0) is 17.7. The summed E-state index contributed by atoms with van der Waals surface area (Å²) in [5, 5.41) is 0. The molecule has 0 aliphatic carbocycles. The van der Waals surface area contributed by atoms with E-state index in [0.717, 1.165) is 26.3 Å². The summed E-state index contributed by atoms with van der Waals surface area (Å²) in [5.74, 6) is 0. The minimum atomic E-state index is 0.00977. The van der Waals surface area contributed by atoms with Crippen LogP contribution in [0.4, 0.5) is 0 Å². The number of hydrogen-bond acceptors (Lipinski definition) is 4. The van der Waals surface area contributed by atoms with Gasteiger partial charge in [0.1, 0.15) is 0 Å². The van der Waals surface area contributed by atoms with Gasteiger partial charge >= 0.3 is 0 Å². The van der Waals surface area contributed by atoms with Gasteiger partial charge in [0.15, 0.2) is 0 Å². The number of ether oxygens (including phenoxy) is 1. The molecular formula is C21H35N3O. The van der Waals surface area contributed by atoms with E-state index in [2.05, 4.69) is 65.8 Å². The maximum atomic E-state index is 5.84. The van der Waals surface area contributed by atoms with Crippen LogP contribution in [0.15, 0.2) is 30.3 Å². The highest BCUT2D eigenvalue weighted by Gasteiger charge is 2.36. The fraction of sp³-hybridized carbons (Fsp3) is 0.714. The molecular weight excluding hydrogens is 310 g/mol. The Balaban J connectivity index is 1.50. The van der Waals surface area contributed by atoms with Gasteiger partial charge < -0.3 is 9.64 Å². The molecule has 0 aromatic heterocycles. The van der Waals surface area contributed by atoms with Gasteiger partial charge in [-0.25, -0.2) is 0 Å². The van der Waals surface area contributed by atoms with E-state index >= 15 is 0 Å². The van der Waals surface area contributed by atoms with Crippen LogP contribution in [0.1, 0.15) is 32.8 Å². The van der Waals surface area contributed by atoms with E-state index < -0.39 is 0 Å². The fourth-order valence-corrected chi connectivity index (χ4v) is 4.19. The number of hydrogen-bond donors (Lipinski definition) is 0. The number of morpholine rings is 1. The summed E-state index contributed by atoms with van der Waals surface area (Å²) in [6, 6.07) is 11.5.